The van der Waals surface area contributed by atoms with Gasteiger partial charge in [-0.1, -0.05) is 18.2 Å². The lowest BCUT2D eigenvalue weighted by atomic mass is 9.95. The molecule has 0 N–H and O–H groups in total. The Hall–Kier alpha value is -3.22. The summed E-state index contributed by atoms with van der Waals surface area (Å²) >= 11 is 0. The molecule has 2 aromatic rings. The minimum atomic E-state index is -0.692. The number of carbonyl (C=O) groups excluding carboxylic acids is 2. The molecule has 0 saturated heterocycles. The molecule has 27 heavy (non-hydrogen) atoms. The van der Waals surface area contributed by atoms with Gasteiger partial charge in [-0.2, -0.15) is 0 Å². The SMILES string of the molecule is CCOC(=O)c1cc(C(=O)N2c3ccccc3CCC2C)cc([N+](=O)[O-])c1. The number of fused-ring (bicyclic) bond motifs is 1. The maximum absolute atomic E-state index is 13.2. The largest absolute Gasteiger partial charge is 0.462 e. The molecule has 0 aromatic heterocycles. The molecule has 2 aromatic carbocycles. The van der Waals surface area contributed by atoms with Crippen LogP contribution in [0, 0.1) is 10.1 Å². The molecule has 0 spiro atoms. The Morgan fingerprint density at radius 3 is 2.63 bits per heavy atom. The van der Waals surface area contributed by atoms with E-state index in [2.05, 4.69) is 0 Å². The maximum Gasteiger partial charge on any atom is 0.338 e. The van der Waals surface area contributed by atoms with E-state index in [0.29, 0.717) is 0 Å². The van der Waals surface area contributed by atoms with Gasteiger partial charge in [0.25, 0.3) is 11.6 Å². The van der Waals surface area contributed by atoms with E-state index in [1.165, 1.54) is 12.1 Å². The maximum atomic E-state index is 13.2. The van der Waals surface area contributed by atoms with E-state index in [4.69, 9.17) is 4.74 Å². The third-order valence-corrected chi connectivity index (χ3v) is 4.63. The Bertz CT molecular complexity index is 909. The number of nitro benzene ring substituents is 1. The second-order valence-corrected chi connectivity index (χ2v) is 6.44. The summed E-state index contributed by atoms with van der Waals surface area (Å²) in [6, 6.07) is 11.2. The zero-order chi connectivity index (χ0) is 19.6. The topological polar surface area (TPSA) is 89.8 Å². The van der Waals surface area contributed by atoms with Crippen molar-refractivity contribution in [3.05, 3.63) is 69.3 Å². The number of nitro groups is 1. The van der Waals surface area contributed by atoms with Crippen molar-refractivity contribution in [2.75, 3.05) is 11.5 Å². The molecule has 1 atom stereocenters. The Morgan fingerprint density at radius 1 is 1.22 bits per heavy atom. The molecule has 140 valence electrons. The summed E-state index contributed by atoms with van der Waals surface area (Å²) in [5.41, 5.74) is 1.62. The number of nitrogens with zero attached hydrogens (tertiary/aromatic N) is 2. The summed E-state index contributed by atoms with van der Waals surface area (Å²) in [4.78, 5) is 37.6. The fourth-order valence-corrected chi connectivity index (χ4v) is 3.31. The van der Waals surface area contributed by atoms with Gasteiger partial charge in [-0.3, -0.25) is 14.9 Å². The van der Waals surface area contributed by atoms with Gasteiger partial charge in [0.2, 0.25) is 0 Å². The molecule has 1 aliphatic rings. The number of anilines is 1. The number of benzene rings is 2. The Labute approximate surface area is 156 Å². The van der Waals surface area contributed by atoms with Crippen LogP contribution in [0.1, 0.15) is 46.5 Å². The number of esters is 1. The average Bonchev–Trinajstić information content (AvgIpc) is 2.67. The molecule has 7 heteroatoms. The van der Waals surface area contributed by atoms with E-state index < -0.39 is 10.9 Å². The van der Waals surface area contributed by atoms with Gasteiger partial charge in [0.05, 0.1) is 17.1 Å². The van der Waals surface area contributed by atoms with Crippen molar-refractivity contribution < 1.29 is 19.2 Å². The van der Waals surface area contributed by atoms with Gasteiger partial charge in [-0.05, 0) is 44.4 Å². The second-order valence-electron chi connectivity index (χ2n) is 6.44. The average molecular weight is 368 g/mol. The van der Waals surface area contributed by atoms with Crippen LogP contribution in [0.5, 0.6) is 0 Å². The molecule has 0 saturated carbocycles. The van der Waals surface area contributed by atoms with Crippen molar-refractivity contribution in [1.82, 2.24) is 0 Å². The number of para-hydroxylation sites is 1. The van der Waals surface area contributed by atoms with Crippen LogP contribution < -0.4 is 4.90 Å². The lowest BCUT2D eigenvalue weighted by Gasteiger charge is -2.35. The summed E-state index contributed by atoms with van der Waals surface area (Å²) in [5, 5.41) is 11.3. The van der Waals surface area contributed by atoms with Crippen molar-refractivity contribution in [2.24, 2.45) is 0 Å². The summed E-state index contributed by atoms with van der Waals surface area (Å²) < 4.78 is 4.93. The minimum absolute atomic E-state index is 0.00709. The fourth-order valence-electron chi connectivity index (χ4n) is 3.31. The van der Waals surface area contributed by atoms with Crippen LogP contribution in [0.25, 0.3) is 0 Å². The molecule has 3 rings (SSSR count). The Morgan fingerprint density at radius 2 is 1.93 bits per heavy atom. The van der Waals surface area contributed by atoms with Crippen LogP contribution in [0.4, 0.5) is 11.4 Å². The number of amides is 1. The molecular weight excluding hydrogens is 348 g/mol. The van der Waals surface area contributed by atoms with Gasteiger partial charge >= 0.3 is 5.97 Å². The molecule has 1 aliphatic heterocycles. The second kappa shape index (κ2) is 7.57. The summed E-state index contributed by atoms with van der Waals surface area (Å²) in [6.45, 7) is 3.73. The number of ether oxygens (including phenoxy) is 1. The van der Waals surface area contributed by atoms with Gasteiger partial charge in [0.15, 0.2) is 0 Å². The molecular formula is C20H20N2O5. The smallest absolute Gasteiger partial charge is 0.338 e. The van der Waals surface area contributed by atoms with Gasteiger partial charge in [-0.25, -0.2) is 4.79 Å². The molecule has 1 unspecified atom stereocenters. The van der Waals surface area contributed by atoms with Crippen molar-refractivity contribution in [1.29, 1.82) is 0 Å². The standard InChI is InChI=1S/C20H20N2O5/c1-3-27-20(24)16-10-15(11-17(12-16)22(25)26)19(23)21-13(2)8-9-14-6-4-5-7-18(14)21/h4-7,10-13H,3,8-9H2,1-2H3. The highest BCUT2D eigenvalue weighted by molar-refractivity contribution is 6.08. The Kier molecular flexibility index (Phi) is 5.21. The number of hydrogen-bond acceptors (Lipinski definition) is 5. The van der Waals surface area contributed by atoms with Crippen LogP contribution in [-0.2, 0) is 11.2 Å². The molecule has 1 heterocycles. The van der Waals surface area contributed by atoms with Crippen LogP contribution in [0.15, 0.2) is 42.5 Å². The van der Waals surface area contributed by atoms with Crippen molar-refractivity contribution >= 4 is 23.3 Å². The van der Waals surface area contributed by atoms with Gasteiger partial charge in [0, 0.05) is 29.4 Å². The lowest BCUT2D eigenvalue weighted by molar-refractivity contribution is -0.384. The quantitative estimate of drug-likeness (QED) is 0.466. The van der Waals surface area contributed by atoms with Gasteiger partial charge in [0.1, 0.15) is 0 Å². The normalized spacial score (nSPS) is 15.8. The number of aryl methyl sites for hydroxylation is 1. The van der Waals surface area contributed by atoms with E-state index in [1.807, 2.05) is 31.2 Å². The molecule has 0 fully saturated rings. The predicted octanol–water partition coefficient (Wildman–Crippen LogP) is 3.75. The van der Waals surface area contributed by atoms with E-state index in [9.17, 15) is 19.7 Å². The summed E-state index contributed by atoms with van der Waals surface area (Å²) in [7, 11) is 0. The first-order valence-electron chi connectivity index (χ1n) is 8.80. The summed E-state index contributed by atoms with van der Waals surface area (Å²) in [6.07, 6.45) is 1.66. The zero-order valence-corrected chi connectivity index (χ0v) is 15.2. The molecule has 0 aliphatic carbocycles. The van der Waals surface area contributed by atoms with E-state index in [0.717, 1.165) is 30.2 Å². The zero-order valence-electron chi connectivity index (χ0n) is 15.2. The van der Waals surface area contributed by atoms with Crippen molar-refractivity contribution in [2.45, 2.75) is 32.7 Å². The highest BCUT2D eigenvalue weighted by Gasteiger charge is 2.30. The van der Waals surface area contributed by atoms with Crippen molar-refractivity contribution in [3.63, 3.8) is 0 Å². The van der Waals surface area contributed by atoms with E-state index in [1.54, 1.807) is 11.8 Å². The highest BCUT2D eigenvalue weighted by Crippen LogP contribution is 2.32. The van der Waals surface area contributed by atoms with Gasteiger partial charge in [-0.15, -0.1) is 0 Å². The number of non-ortho nitro benzene ring substituents is 1. The monoisotopic (exact) mass is 368 g/mol. The Balaban J connectivity index is 2.06. The molecule has 7 nitrogen and oxygen atoms in total. The molecule has 1 amide bonds. The first kappa shape index (κ1) is 18.6. The number of rotatable bonds is 4. The first-order valence-corrected chi connectivity index (χ1v) is 8.80. The van der Waals surface area contributed by atoms with Crippen molar-refractivity contribution in [3.8, 4) is 0 Å². The predicted molar refractivity (Wildman–Crippen MR) is 100 cm³/mol. The fraction of sp³-hybridized carbons (Fsp3) is 0.300. The first-order chi connectivity index (χ1) is 12.9. The summed E-state index contributed by atoms with van der Waals surface area (Å²) in [5.74, 6) is -1.06. The van der Waals surface area contributed by atoms with Crippen LogP contribution in [0.2, 0.25) is 0 Å². The van der Waals surface area contributed by atoms with E-state index in [-0.39, 0.29) is 35.4 Å². The molecule has 0 radical (unpaired) electrons. The lowest BCUT2D eigenvalue weighted by Crippen LogP contribution is -2.42. The molecule has 0 bridgehead atoms. The van der Waals surface area contributed by atoms with Crippen LogP contribution in [0.3, 0.4) is 0 Å². The van der Waals surface area contributed by atoms with Gasteiger partial charge < -0.3 is 9.64 Å². The van der Waals surface area contributed by atoms with Crippen LogP contribution >= 0.6 is 0 Å². The highest BCUT2D eigenvalue weighted by atomic mass is 16.6. The third-order valence-electron chi connectivity index (χ3n) is 4.63. The number of carbonyl (C=O) groups is 2. The number of hydrogen-bond donors (Lipinski definition) is 0. The van der Waals surface area contributed by atoms with E-state index >= 15 is 0 Å². The van der Waals surface area contributed by atoms with Crippen LogP contribution in [-0.4, -0.2) is 29.4 Å². The third kappa shape index (κ3) is 3.67. The minimum Gasteiger partial charge on any atom is -0.462 e.